The molecule has 3 N–H and O–H groups in total. The Hall–Kier alpha value is -6.20. The number of para-hydroxylation sites is 2. The second-order valence-electron chi connectivity index (χ2n) is 8.05. The van der Waals surface area contributed by atoms with E-state index in [0.29, 0.717) is 0 Å². The fourth-order valence-corrected chi connectivity index (χ4v) is 3.39. The average molecular weight is 570 g/mol. The molecule has 0 radical (unpaired) electrons. The van der Waals surface area contributed by atoms with Gasteiger partial charge in [-0.2, -0.15) is 0 Å². The summed E-state index contributed by atoms with van der Waals surface area (Å²) in [6, 6.07) is 9.79. The van der Waals surface area contributed by atoms with Crippen molar-refractivity contribution in [1.29, 1.82) is 0 Å². The Bertz CT molecular complexity index is 1470. The molecule has 0 aromatic heterocycles. The molecule has 0 spiro atoms. The molecule has 0 fully saturated rings. The van der Waals surface area contributed by atoms with E-state index in [1.165, 1.54) is 12.1 Å². The van der Waals surface area contributed by atoms with E-state index in [4.69, 9.17) is 15.2 Å². The van der Waals surface area contributed by atoms with Crippen molar-refractivity contribution in [1.82, 2.24) is 0 Å². The van der Waals surface area contributed by atoms with E-state index in [1.54, 1.807) is 12.1 Å². The van der Waals surface area contributed by atoms with Crippen molar-refractivity contribution in [2.24, 2.45) is 0 Å². The van der Waals surface area contributed by atoms with Gasteiger partial charge >= 0.3 is 34.7 Å². The number of carbonyl (C=O) groups is 2. The summed E-state index contributed by atoms with van der Waals surface area (Å²) in [5.41, 5.74) is 2.89. The van der Waals surface area contributed by atoms with Crippen molar-refractivity contribution in [3.8, 4) is 0 Å². The maximum absolute atomic E-state index is 12.9. The van der Waals surface area contributed by atoms with Crippen LogP contribution < -0.4 is 11.1 Å². The van der Waals surface area contributed by atoms with Gasteiger partial charge in [-0.3, -0.25) is 40.5 Å². The monoisotopic (exact) mass is 570 g/mol. The summed E-state index contributed by atoms with van der Waals surface area (Å²) in [6.07, 6.45) is 0. The third kappa shape index (κ3) is 7.22. The first-order valence-corrected chi connectivity index (χ1v) is 11.2. The molecule has 212 valence electrons. The molecule has 0 unspecified atom stereocenters. The topological polar surface area (TPSA) is 263 Å². The number of hydrogen-bond donors (Lipinski definition) is 2. The zero-order valence-corrected chi connectivity index (χ0v) is 20.5. The highest BCUT2D eigenvalue weighted by Gasteiger charge is 2.32. The van der Waals surface area contributed by atoms with E-state index >= 15 is 0 Å². The van der Waals surface area contributed by atoms with Gasteiger partial charge in [0.15, 0.2) is 0 Å². The summed E-state index contributed by atoms with van der Waals surface area (Å²) in [5.74, 6) is -2.46. The lowest BCUT2D eigenvalue weighted by Gasteiger charge is -2.19. The summed E-state index contributed by atoms with van der Waals surface area (Å²) >= 11 is 0. The maximum atomic E-state index is 12.9. The van der Waals surface area contributed by atoms with Crippen molar-refractivity contribution in [2.45, 2.75) is 19.3 Å². The fourth-order valence-electron chi connectivity index (χ4n) is 3.39. The van der Waals surface area contributed by atoms with Crippen LogP contribution in [-0.4, -0.2) is 37.7 Å². The number of nitrogens with one attached hydrogen (secondary N) is 1. The predicted octanol–water partition coefficient (Wildman–Crippen LogP) is 3.17. The predicted molar refractivity (Wildman–Crippen MR) is 137 cm³/mol. The first-order chi connectivity index (χ1) is 19.4. The molecule has 3 rings (SSSR count). The van der Waals surface area contributed by atoms with Gasteiger partial charge in [-0.05, 0) is 35.4 Å². The number of nitrogens with zero attached hydrogens (tertiary/aromatic N) is 4. The van der Waals surface area contributed by atoms with Crippen LogP contribution in [0.25, 0.3) is 0 Å². The van der Waals surface area contributed by atoms with Crippen LogP contribution >= 0.6 is 0 Å². The molecule has 0 amide bonds. The SMILES string of the molecule is Nc1ccccc1NC(C(=O)OCc1ccc([N+](=O)[O-])c([N+](=O)[O-])c1)C(=O)OCc1ccc([N+](=O)[O-])c([N+](=O)[O-])c1. The number of rotatable bonds is 12. The second kappa shape index (κ2) is 12.6. The van der Waals surface area contributed by atoms with Crippen molar-refractivity contribution < 1.29 is 38.8 Å². The van der Waals surface area contributed by atoms with E-state index in [2.05, 4.69) is 5.32 Å². The number of anilines is 2. The minimum atomic E-state index is -1.86. The lowest BCUT2D eigenvalue weighted by atomic mass is 10.2. The number of esters is 2. The molecule has 0 aliphatic heterocycles. The van der Waals surface area contributed by atoms with Gasteiger partial charge in [-0.15, -0.1) is 0 Å². The van der Waals surface area contributed by atoms with Gasteiger partial charge in [-0.1, -0.05) is 12.1 Å². The van der Waals surface area contributed by atoms with Crippen molar-refractivity contribution >= 4 is 46.1 Å². The third-order valence-electron chi connectivity index (χ3n) is 5.36. The number of hydrogen-bond acceptors (Lipinski definition) is 14. The summed E-state index contributed by atoms with van der Waals surface area (Å²) in [7, 11) is 0. The molecule has 0 saturated heterocycles. The summed E-state index contributed by atoms with van der Waals surface area (Å²) in [4.78, 5) is 66.4. The van der Waals surface area contributed by atoms with Gasteiger partial charge < -0.3 is 20.5 Å². The Morgan fingerprint density at radius 1 is 0.683 bits per heavy atom. The lowest BCUT2D eigenvalue weighted by molar-refractivity contribution is -0.422. The number of nitrogen functional groups attached to an aromatic ring is 1. The quantitative estimate of drug-likeness (QED) is 0.104. The van der Waals surface area contributed by atoms with Crippen LogP contribution in [0.15, 0.2) is 60.7 Å². The highest BCUT2D eigenvalue weighted by atomic mass is 16.6. The molecular weight excluding hydrogens is 552 g/mol. The maximum Gasteiger partial charge on any atom is 0.346 e. The molecule has 3 aromatic carbocycles. The van der Waals surface area contributed by atoms with E-state index in [0.717, 1.165) is 36.4 Å². The molecule has 0 atom stereocenters. The van der Waals surface area contributed by atoms with E-state index < -0.39 is 73.6 Å². The van der Waals surface area contributed by atoms with Gasteiger partial charge in [0.05, 0.1) is 31.1 Å². The number of carbonyl (C=O) groups excluding carboxylic acids is 2. The Kier molecular flexibility index (Phi) is 9.00. The minimum absolute atomic E-state index is 0.000168. The zero-order chi connectivity index (χ0) is 30.3. The number of benzene rings is 3. The van der Waals surface area contributed by atoms with Gasteiger partial charge in [-0.25, -0.2) is 9.59 Å². The fraction of sp³-hybridized carbons (Fsp3) is 0.130. The van der Waals surface area contributed by atoms with Crippen LogP contribution in [0.2, 0.25) is 0 Å². The average Bonchev–Trinajstić information content (AvgIpc) is 2.93. The third-order valence-corrected chi connectivity index (χ3v) is 5.36. The number of ether oxygens (including phenoxy) is 2. The van der Waals surface area contributed by atoms with Gasteiger partial charge in [0.1, 0.15) is 13.2 Å². The summed E-state index contributed by atoms with van der Waals surface area (Å²) in [6.45, 7) is -1.25. The van der Waals surface area contributed by atoms with E-state index in [9.17, 15) is 50.0 Å². The Morgan fingerprint density at radius 3 is 1.49 bits per heavy atom. The number of nitro benzene ring substituents is 4. The Morgan fingerprint density at radius 2 is 1.10 bits per heavy atom. The highest BCUT2D eigenvalue weighted by Crippen LogP contribution is 2.29. The molecule has 18 heteroatoms. The van der Waals surface area contributed by atoms with Crippen LogP contribution in [0.4, 0.5) is 34.1 Å². The molecule has 0 heterocycles. The molecule has 18 nitrogen and oxygen atoms in total. The lowest BCUT2D eigenvalue weighted by Crippen LogP contribution is -2.40. The van der Waals surface area contributed by atoms with E-state index in [1.807, 2.05) is 0 Å². The van der Waals surface area contributed by atoms with Crippen molar-refractivity contribution in [3.63, 3.8) is 0 Å². The minimum Gasteiger partial charge on any atom is -0.459 e. The molecule has 41 heavy (non-hydrogen) atoms. The van der Waals surface area contributed by atoms with Gasteiger partial charge in [0.25, 0.3) is 0 Å². The smallest absolute Gasteiger partial charge is 0.346 e. The summed E-state index contributed by atoms with van der Waals surface area (Å²) in [5, 5.41) is 47.0. The van der Waals surface area contributed by atoms with Crippen LogP contribution in [-0.2, 0) is 32.3 Å². The second-order valence-corrected chi connectivity index (χ2v) is 8.05. The van der Waals surface area contributed by atoms with Crippen molar-refractivity contribution in [2.75, 3.05) is 11.1 Å². The first-order valence-electron chi connectivity index (χ1n) is 11.2. The zero-order valence-electron chi connectivity index (χ0n) is 20.5. The van der Waals surface area contributed by atoms with Crippen molar-refractivity contribution in [3.05, 3.63) is 112 Å². The van der Waals surface area contributed by atoms with Crippen LogP contribution in [0.1, 0.15) is 11.1 Å². The molecule has 0 aliphatic rings. The van der Waals surface area contributed by atoms with Crippen LogP contribution in [0.5, 0.6) is 0 Å². The van der Waals surface area contributed by atoms with Crippen LogP contribution in [0, 0.1) is 40.5 Å². The van der Waals surface area contributed by atoms with Gasteiger partial charge in [0.2, 0.25) is 6.04 Å². The highest BCUT2D eigenvalue weighted by molar-refractivity contribution is 6.02. The molecule has 0 saturated carbocycles. The largest absolute Gasteiger partial charge is 0.459 e. The standard InChI is InChI=1S/C23H18N6O12/c24-15-3-1-2-4-16(15)25-21(22(30)40-11-13-5-7-17(26(32)33)19(9-13)28(36)37)23(31)41-12-14-6-8-18(27(34)35)20(10-14)29(38)39/h1-10,21,25H,11-12,24H2. The molecule has 0 bridgehead atoms. The molecule has 0 aliphatic carbocycles. The number of nitro groups is 4. The first kappa shape index (κ1) is 29.4. The molecule has 3 aromatic rings. The van der Waals surface area contributed by atoms with Crippen LogP contribution in [0.3, 0.4) is 0 Å². The van der Waals surface area contributed by atoms with E-state index in [-0.39, 0.29) is 22.5 Å². The van der Waals surface area contributed by atoms with Gasteiger partial charge in [0, 0.05) is 24.3 Å². The Labute approximate surface area is 227 Å². The summed E-state index contributed by atoms with van der Waals surface area (Å²) < 4.78 is 10.2. The normalized spacial score (nSPS) is 10.5. The molecular formula is C23H18N6O12. The Balaban J connectivity index is 1.81. The number of nitrogens with two attached hydrogens (primary N) is 1.